The minimum Gasteiger partial charge on any atom is -0.493 e. The normalized spacial score (nSPS) is 10.2. The number of carbonyl (C=O) groups is 3. The lowest BCUT2D eigenvalue weighted by atomic mass is 10.1. The molecule has 2 aromatic rings. The molecule has 0 radical (unpaired) electrons. The van der Waals surface area contributed by atoms with Gasteiger partial charge < -0.3 is 30.6 Å². The number of carbonyl (C=O) groups excluding carboxylic acids is 3. The molecular weight excluding hydrogens is 402 g/mol. The van der Waals surface area contributed by atoms with Crippen molar-refractivity contribution in [2.45, 2.75) is 19.3 Å². The molecule has 0 aliphatic heterocycles. The van der Waals surface area contributed by atoms with Crippen molar-refractivity contribution in [3.8, 4) is 17.2 Å². The molecule has 9 heteroatoms. The Hall–Kier alpha value is -3.75. The van der Waals surface area contributed by atoms with E-state index in [-0.39, 0.29) is 25.3 Å². The highest BCUT2D eigenvalue weighted by atomic mass is 16.5. The fourth-order valence-electron chi connectivity index (χ4n) is 3.01. The van der Waals surface area contributed by atoms with E-state index in [4.69, 9.17) is 19.9 Å². The Morgan fingerprint density at radius 1 is 0.903 bits per heavy atom. The fourth-order valence-corrected chi connectivity index (χ4v) is 3.01. The summed E-state index contributed by atoms with van der Waals surface area (Å²) in [5.74, 6) is 0.314. The lowest BCUT2D eigenvalue weighted by molar-refractivity contribution is -0.118. The van der Waals surface area contributed by atoms with Crippen molar-refractivity contribution in [1.29, 1.82) is 0 Å². The molecule has 2 rings (SSSR count). The number of nitrogens with one attached hydrogen (secondary N) is 2. The topological polar surface area (TPSA) is 129 Å². The molecule has 0 fully saturated rings. The Morgan fingerprint density at radius 3 is 2.26 bits per heavy atom. The predicted molar refractivity (Wildman–Crippen MR) is 116 cm³/mol. The van der Waals surface area contributed by atoms with Gasteiger partial charge in [-0.2, -0.15) is 0 Å². The maximum absolute atomic E-state index is 12.5. The summed E-state index contributed by atoms with van der Waals surface area (Å²) < 4.78 is 16.1. The van der Waals surface area contributed by atoms with E-state index in [2.05, 4.69) is 10.6 Å². The molecule has 31 heavy (non-hydrogen) atoms. The van der Waals surface area contributed by atoms with Gasteiger partial charge in [0.25, 0.3) is 5.91 Å². The van der Waals surface area contributed by atoms with E-state index in [1.807, 2.05) is 6.07 Å². The van der Waals surface area contributed by atoms with Crippen LogP contribution in [0.2, 0.25) is 0 Å². The van der Waals surface area contributed by atoms with Crippen LogP contribution in [0.25, 0.3) is 0 Å². The highest BCUT2D eigenvalue weighted by Gasteiger charge is 2.17. The Kier molecular flexibility index (Phi) is 8.68. The molecule has 0 spiro atoms. The average Bonchev–Trinajstić information content (AvgIpc) is 2.76. The predicted octanol–water partition coefficient (Wildman–Crippen LogP) is 1.89. The van der Waals surface area contributed by atoms with Crippen LogP contribution in [0.15, 0.2) is 36.4 Å². The van der Waals surface area contributed by atoms with Gasteiger partial charge in [-0.05, 0) is 30.2 Å². The fraction of sp³-hybridized carbons (Fsp3) is 0.318. The van der Waals surface area contributed by atoms with Crippen LogP contribution < -0.4 is 30.6 Å². The van der Waals surface area contributed by atoms with Gasteiger partial charge in [0, 0.05) is 19.4 Å². The zero-order valence-electron chi connectivity index (χ0n) is 17.8. The number of nitrogens with two attached hydrogens (primary N) is 1. The summed E-state index contributed by atoms with van der Waals surface area (Å²) in [6.45, 7) is 0.121. The molecule has 0 aromatic heterocycles. The van der Waals surface area contributed by atoms with E-state index in [1.165, 1.54) is 21.3 Å². The molecule has 0 atom stereocenters. The molecule has 0 aliphatic carbocycles. The van der Waals surface area contributed by atoms with Crippen LogP contribution in [-0.2, 0) is 16.0 Å². The van der Waals surface area contributed by atoms with Gasteiger partial charge in [-0.1, -0.05) is 18.2 Å². The molecule has 0 saturated heterocycles. The molecule has 4 N–H and O–H groups in total. The number of aryl methyl sites for hydroxylation is 1. The molecule has 2 aromatic carbocycles. The Labute approximate surface area is 180 Å². The monoisotopic (exact) mass is 429 g/mol. The third-order valence-electron chi connectivity index (χ3n) is 4.51. The number of benzene rings is 2. The van der Waals surface area contributed by atoms with Gasteiger partial charge >= 0.3 is 0 Å². The zero-order valence-corrected chi connectivity index (χ0v) is 17.8. The van der Waals surface area contributed by atoms with Gasteiger partial charge in [-0.15, -0.1) is 0 Å². The maximum atomic E-state index is 12.5. The van der Waals surface area contributed by atoms with Gasteiger partial charge in [0.2, 0.25) is 17.6 Å². The van der Waals surface area contributed by atoms with Crippen molar-refractivity contribution in [3.05, 3.63) is 47.5 Å². The largest absolute Gasteiger partial charge is 0.493 e. The van der Waals surface area contributed by atoms with Crippen molar-refractivity contribution in [2.75, 3.05) is 33.2 Å². The number of primary amides is 1. The number of ether oxygens (including phenoxy) is 3. The molecule has 3 amide bonds. The van der Waals surface area contributed by atoms with Crippen LogP contribution in [-0.4, -0.2) is 45.6 Å². The van der Waals surface area contributed by atoms with Gasteiger partial charge in [-0.3, -0.25) is 14.4 Å². The highest BCUT2D eigenvalue weighted by molar-refractivity contribution is 6.03. The van der Waals surface area contributed by atoms with Crippen LogP contribution in [0.5, 0.6) is 17.2 Å². The van der Waals surface area contributed by atoms with Gasteiger partial charge in [-0.25, -0.2) is 0 Å². The molecule has 0 heterocycles. The zero-order chi connectivity index (χ0) is 22.8. The van der Waals surface area contributed by atoms with Gasteiger partial charge in [0.15, 0.2) is 11.5 Å². The first kappa shape index (κ1) is 23.5. The van der Waals surface area contributed by atoms with E-state index in [0.29, 0.717) is 34.9 Å². The minimum atomic E-state index is -0.507. The first-order valence-electron chi connectivity index (χ1n) is 9.64. The second-order valence-corrected chi connectivity index (χ2v) is 6.56. The molecule has 0 unspecified atom stereocenters. The van der Waals surface area contributed by atoms with E-state index in [1.54, 1.807) is 30.3 Å². The van der Waals surface area contributed by atoms with Crippen LogP contribution in [0.4, 0.5) is 5.69 Å². The lowest BCUT2D eigenvalue weighted by Gasteiger charge is -2.16. The lowest BCUT2D eigenvalue weighted by Crippen LogP contribution is -2.28. The number of hydrogen-bond acceptors (Lipinski definition) is 6. The summed E-state index contributed by atoms with van der Waals surface area (Å²) in [5, 5.41) is 5.37. The third kappa shape index (κ3) is 6.36. The van der Waals surface area contributed by atoms with E-state index < -0.39 is 11.8 Å². The smallest absolute Gasteiger partial charge is 0.253 e. The van der Waals surface area contributed by atoms with E-state index >= 15 is 0 Å². The first-order chi connectivity index (χ1) is 14.9. The standard InChI is InChI=1S/C22H27N3O6/c1-29-17-10-8-14(20(30-2)21(17)31-3)9-11-19(27)25-16-7-5-4-6-15(16)22(28)24-13-12-18(23)26/h4-8,10H,9,11-13H2,1-3H3,(H2,23,26)(H,24,28)(H,25,27). The molecular formula is C22H27N3O6. The number of rotatable bonds is 11. The Balaban J connectivity index is 2.06. The molecule has 0 aliphatic rings. The first-order valence-corrected chi connectivity index (χ1v) is 9.64. The van der Waals surface area contributed by atoms with E-state index in [0.717, 1.165) is 5.56 Å². The second-order valence-electron chi connectivity index (χ2n) is 6.56. The third-order valence-corrected chi connectivity index (χ3v) is 4.51. The quantitative estimate of drug-likeness (QED) is 0.500. The van der Waals surface area contributed by atoms with Gasteiger partial charge in [0.1, 0.15) is 0 Å². The van der Waals surface area contributed by atoms with Gasteiger partial charge in [0.05, 0.1) is 32.6 Å². The summed E-state index contributed by atoms with van der Waals surface area (Å²) >= 11 is 0. The summed E-state index contributed by atoms with van der Waals surface area (Å²) in [6.07, 6.45) is 0.583. The van der Waals surface area contributed by atoms with Crippen LogP contribution in [0, 0.1) is 0 Å². The SMILES string of the molecule is COc1ccc(CCC(=O)Nc2ccccc2C(=O)NCCC(N)=O)c(OC)c1OC. The molecule has 166 valence electrons. The number of methoxy groups -OCH3 is 3. The average molecular weight is 429 g/mol. The van der Waals surface area contributed by atoms with Crippen molar-refractivity contribution >= 4 is 23.4 Å². The highest BCUT2D eigenvalue weighted by Crippen LogP contribution is 2.40. The van der Waals surface area contributed by atoms with Crippen LogP contribution in [0.3, 0.4) is 0 Å². The van der Waals surface area contributed by atoms with E-state index in [9.17, 15) is 14.4 Å². The summed E-state index contributed by atoms with van der Waals surface area (Å²) in [6, 6.07) is 10.2. The summed E-state index contributed by atoms with van der Waals surface area (Å²) in [4.78, 5) is 35.7. The van der Waals surface area contributed by atoms with Crippen molar-refractivity contribution < 1.29 is 28.6 Å². The number of anilines is 1. The number of hydrogen-bond donors (Lipinski definition) is 3. The second kappa shape index (κ2) is 11.4. The maximum Gasteiger partial charge on any atom is 0.253 e. The van der Waals surface area contributed by atoms with Crippen molar-refractivity contribution in [1.82, 2.24) is 5.32 Å². The number of amides is 3. The van der Waals surface area contributed by atoms with Crippen LogP contribution >= 0.6 is 0 Å². The Bertz CT molecular complexity index is 945. The Morgan fingerprint density at radius 2 is 1.61 bits per heavy atom. The molecule has 9 nitrogen and oxygen atoms in total. The molecule has 0 saturated carbocycles. The van der Waals surface area contributed by atoms with Crippen LogP contribution in [0.1, 0.15) is 28.8 Å². The summed E-state index contributed by atoms with van der Waals surface area (Å²) in [5.41, 5.74) is 6.54. The van der Waals surface area contributed by atoms with Crippen molar-refractivity contribution in [3.63, 3.8) is 0 Å². The number of para-hydroxylation sites is 1. The van der Waals surface area contributed by atoms with Crippen molar-refractivity contribution in [2.24, 2.45) is 5.73 Å². The summed E-state index contributed by atoms with van der Waals surface area (Å²) in [7, 11) is 4.57. The minimum absolute atomic E-state index is 0.0351. The molecule has 0 bridgehead atoms.